The van der Waals surface area contributed by atoms with Gasteiger partial charge in [0.1, 0.15) is 0 Å². The van der Waals surface area contributed by atoms with E-state index < -0.39 is 0 Å². The second-order valence-electron chi connectivity index (χ2n) is 7.38. The van der Waals surface area contributed by atoms with Crippen LogP contribution in [0, 0.1) is 11.8 Å². The molecule has 3 fully saturated rings. The Hall–Kier alpha value is -0.860. The second kappa shape index (κ2) is 6.10. The van der Waals surface area contributed by atoms with Crippen LogP contribution in [0.15, 0.2) is 30.3 Å². The third-order valence-corrected chi connectivity index (χ3v) is 5.79. The predicted octanol–water partition coefficient (Wildman–Crippen LogP) is 3.60. The maximum Gasteiger partial charge on any atom is 0.0473 e. The van der Waals surface area contributed by atoms with Crippen LogP contribution in [0.4, 0.5) is 0 Å². The summed E-state index contributed by atoms with van der Waals surface area (Å²) in [5, 5.41) is 3.84. The summed E-state index contributed by atoms with van der Waals surface area (Å²) in [7, 11) is 0. The van der Waals surface area contributed by atoms with Gasteiger partial charge >= 0.3 is 0 Å². The molecule has 4 rings (SSSR count). The zero-order chi connectivity index (χ0) is 14.1. The van der Waals surface area contributed by atoms with Gasteiger partial charge in [-0.25, -0.2) is 0 Å². The van der Waals surface area contributed by atoms with E-state index in [-0.39, 0.29) is 0 Å². The van der Waals surface area contributed by atoms with E-state index >= 15 is 0 Å². The van der Waals surface area contributed by atoms with Gasteiger partial charge in [-0.05, 0) is 43.1 Å². The average Bonchev–Trinajstić information content (AvgIpc) is 3.26. The van der Waals surface area contributed by atoms with Crippen molar-refractivity contribution in [2.24, 2.45) is 11.8 Å². The standard InChI is InChI=1S/C19H28N2/c1-2-8-17(9-3-1)19-12-20-18(16-10-11-16)14-21(19)13-15-6-4-5-7-15/h1-3,8-9,15-16,18-20H,4-7,10-14H2. The van der Waals surface area contributed by atoms with Crippen LogP contribution in [-0.2, 0) is 0 Å². The van der Waals surface area contributed by atoms with Gasteiger partial charge in [-0.15, -0.1) is 0 Å². The molecule has 2 atom stereocenters. The van der Waals surface area contributed by atoms with Crippen LogP contribution >= 0.6 is 0 Å². The van der Waals surface area contributed by atoms with Crippen molar-refractivity contribution in [3.05, 3.63) is 35.9 Å². The second-order valence-corrected chi connectivity index (χ2v) is 7.38. The molecule has 2 aliphatic carbocycles. The van der Waals surface area contributed by atoms with Crippen molar-refractivity contribution >= 4 is 0 Å². The van der Waals surface area contributed by atoms with E-state index in [4.69, 9.17) is 0 Å². The summed E-state index contributed by atoms with van der Waals surface area (Å²) in [6, 6.07) is 12.5. The smallest absolute Gasteiger partial charge is 0.0473 e. The van der Waals surface area contributed by atoms with Gasteiger partial charge in [0, 0.05) is 31.7 Å². The molecule has 1 aliphatic heterocycles. The predicted molar refractivity (Wildman–Crippen MR) is 87.2 cm³/mol. The highest BCUT2D eigenvalue weighted by atomic mass is 15.2. The van der Waals surface area contributed by atoms with Gasteiger partial charge in [0.15, 0.2) is 0 Å². The van der Waals surface area contributed by atoms with Crippen molar-refractivity contribution < 1.29 is 0 Å². The van der Waals surface area contributed by atoms with E-state index in [9.17, 15) is 0 Å². The summed E-state index contributed by atoms with van der Waals surface area (Å²) in [5.74, 6) is 1.92. The first-order chi connectivity index (χ1) is 10.4. The fourth-order valence-corrected chi connectivity index (χ4v) is 4.38. The van der Waals surface area contributed by atoms with E-state index in [1.165, 1.54) is 57.2 Å². The number of benzene rings is 1. The minimum absolute atomic E-state index is 0.585. The number of piperazine rings is 1. The molecule has 0 radical (unpaired) electrons. The van der Waals surface area contributed by atoms with E-state index in [1.54, 1.807) is 0 Å². The highest BCUT2D eigenvalue weighted by Crippen LogP contribution is 2.37. The molecule has 0 aromatic heterocycles. The summed E-state index contributed by atoms with van der Waals surface area (Å²) >= 11 is 0. The molecule has 21 heavy (non-hydrogen) atoms. The summed E-state index contributed by atoms with van der Waals surface area (Å²) in [4.78, 5) is 2.81. The Morgan fingerprint density at radius 2 is 1.76 bits per heavy atom. The van der Waals surface area contributed by atoms with Crippen molar-refractivity contribution in [3.8, 4) is 0 Å². The van der Waals surface area contributed by atoms with Gasteiger partial charge in [-0.1, -0.05) is 43.2 Å². The molecule has 1 N–H and O–H groups in total. The zero-order valence-electron chi connectivity index (χ0n) is 13.0. The van der Waals surface area contributed by atoms with Crippen LogP contribution in [0.3, 0.4) is 0 Å². The van der Waals surface area contributed by atoms with E-state index in [0.717, 1.165) is 24.4 Å². The lowest BCUT2D eigenvalue weighted by atomic mass is 9.97. The number of hydrogen-bond donors (Lipinski definition) is 1. The lowest BCUT2D eigenvalue weighted by Gasteiger charge is -2.42. The van der Waals surface area contributed by atoms with Crippen LogP contribution < -0.4 is 5.32 Å². The third-order valence-electron chi connectivity index (χ3n) is 5.79. The first kappa shape index (κ1) is 13.8. The number of rotatable bonds is 4. The number of hydrogen-bond acceptors (Lipinski definition) is 2. The van der Waals surface area contributed by atoms with Crippen molar-refractivity contribution in [3.63, 3.8) is 0 Å². The maximum atomic E-state index is 3.84. The summed E-state index contributed by atoms with van der Waals surface area (Å²) in [5.41, 5.74) is 1.50. The first-order valence-corrected chi connectivity index (χ1v) is 8.92. The lowest BCUT2D eigenvalue weighted by Crippen LogP contribution is -2.54. The van der Waals surface area contributed by atoms with Crippen LogP contribution in [0.5, 0.6) is 0 Å². The topological polar surface area (TPSA) is 15.3 Å². The molecule has 0 amide bonds. The number of nitrogens with one attached hydrogen (secondary N) is 1. The molecule has 2 saturated carbocycles. The monoisotopic (exact) mass is 284 g/mol. The Labute approximate surface area is 128 Å². The van der Waals surface area contributed by atoms with Gasteiger partial charge < -0.3 is 5.32 Å². The molecule has 2 heteroatoms. The quantitative estimate of drug-likeness (QED) is 0.909. The Morgan fingerprint density at radius 3 is 2.48 bits per heavy atom. The molecule has 3 aliphatic rings. The summed E-state index contributed by atoms with van der Waals surface area (Å²) < 4.78 is 0. The Bertz CT molecular complexity index is 446. The fraction of sp³-hybridized carbons (Fsp3) is 0.684. The Morgan fingerprint density at radius 1 is 1.00 bits per heavy atom. The molecular formula is C19H28N2. The lowest BCUT2D eigenvalue weighted by molar-refractivity contribution is 0.104. The van der Waals surface area contributed by atoms with E-state index in [1.807, 2.05) is 0 Å². The summed E-state index contributed by atoms with van der Waals surface area (Å²) in [6.45, 7) is 3.73. The Kier molecular flexibility index (Phi) is 4.00. The van der Waals surface area contributed by atoms with Gasteiger partial charge in [-0.3, -0.25) is 4.90 Å². The highest BCUT2D eigenvalue weighted by Gasteiger charge is 2.38. The highest BCUT2D eigenvalue weighted by molar-refractivity contribution is 5.20. The van der Waals surface area contributed by atoms with Gasteiger partial charge in [0.05, 0.1) is 0 Å². The molecule has 2 unspecified atom stereocenters. The molecule has 114 valence electrons. The van der Waals surface area contributed by atoms with Crippen LogP contribution in [0.25, 0.3) is 0 Å². The first-order valence-electron chi connectivity index (χ1n) is 8.92. The van der Waals surface area contributed by atoms with Crippen molar-refractivity contribution in [1.82, 2.24) is 10.2 Å². The minimum Gasteiger partial charge on any atom is -0.311 e. The van der Waals surface area contributed by atoms with Gasteiger partial charge in [-0.2, -0.15) is 0 Å². The molecule has 1 heterocycles. The molecule has 0 bridgehead atoms. The fourth-order valence-electron chi connectivity index (χ4n) is 4.38. The van der Waals surface area contributed by atoms with E-state index in [0.29, 0.717) is 6.04 Å². The summed E-state index contributed by atoms with van der Waals surface area (Å²) in [6.07, 6.45) is 8.73. The Balaban J connectivity index is 1.49. The van der Waals surface area contributed by atoms with Crippen LogP contribution in [0.1, 0.15) is 50.1 Å². The average molecular weight is 284 g/mol. The molecule has 1 saturated heterocycles. The van der Waals surface area contributed by atoms with Gasteiger partial charge in [0.25, 0.3) is 0 Å². The van der Waals surface area contributed by atoms with Gasteiger partial charge in [0.2, 0.25) is 0 Å². The molecule has 1 aromatic carbocycles. The zero-order valence-corrected chi connectivity index (χ0v) is 13.0. The van der Waals surface area contributed by atoms with Crippen molar-refractivity contribution in [2.75, 3.05) is 19.6 Å². The normalized spacial score (nSPS) is 31.6. The molecule has 1 aromatic rings. The minimum atomic E-state index is 0.585. The number of nitrogens with zero attached hydrogens (tertiary/aromatic N) is 1. The van der Waals surface area contributed by atoms with Crippen LogP contribution in [-0.4, -0.2) is 30.6 Å². The molecule has 2 nitrogen and oxygen atoms in total. The van der Waals surface area contributed by atoms with E-state index in [2.05, 4.69) is 40.5 Å². The molecule has 0 spiro atoms. The van der Waals surface area contributed by atoms with Crippen molar-refractivity contribution in [2.45, 2.75) is 50.6 Å². The largest absolute Gasteiger partial charge is 0.311 e. The molecular weight excluding hydrogens is 256 g/mol. The maximum absolute atomic E-state index is 3.84. The third kappa shape index (κ3) is 3.17. The van der Waals surface area contributed by atoms with Crippen molar-refractivity contribution in [1.29, 1.82) is 0 Å². The van der Waals surface area contributed by atoms with Crippen LogP contribution in [0.2, 0.25) is 0 Å². The SMILES string of the molecule is c1ccc(C2CNC(C3CC3)CN2CC2CCCC2)cc1.